The minimum Gasteiger partial charge on any atom is -0.345 e. The first-order valence-corrected chi connectivity index (χ1v) is 5.72. The molecule has 20 heavy (non-hydrogen) atoms. The summed E-state index contributed by atoms with van der Waals surface area (Å²) >= 11 is 0. The standard InChI is InChI=1S/C13H11FN4O2/c14-11-6-10(4-3-9(11)2-1-5-15)13(19)16-7-12-17-8-20-18-12/h3-4,6,8H,5,7,15H2,(H,16,19). The number of hydrogen-bond donors (Lipinski definition) is 2. The molecule has 0 radical (unpaired) electrons. The van der Waals surface area contributed by atoms with Crippen molar-refractivity contribution in [3.8, 4) is 11.8 Å². The third kappa shape index (κ3) is 3.40. The lowest BCUT2D eigenvalue weighted by molar-refractivity contribution is 0.0949. The molecular weight excluding hydrogens is 263 g/mol. The van der Waals surface area contributed by atoms with Gasteiger partial charge in [-0.25, -0.2) is 4.39 Å². The molecule has 1 aromatic carbocycles. The molecule has 0 bridgehead atoms. The maximum Gasteiger partial charge on any atom is 0.251 e. The highest BCUT2D eigenvalue weighted by molar-refractivity contribution is 5.94. The quantitative estimate of drug-likeness (QED) is 0.792. The highest BCUT2D eigenvalue weighted by Gasteiger charge is 2.09. The van der Waals surface area contributed by atoms with E-state index in [9.17, 15) is 9.18 Å². The zero-order chi connectivity index (χ0) is 14.4. The molecule has 2 aromatic rings. The van der Waals surface area contributed by atoms with E-state index in [4.69, 9.17) is 5.73 Å². The van der Waals surface area contributed by atoms with Crippen molar-refractivity contribution < 1.29 is 13.7 Å². The fourth-order valence-corrected chi connectivity index (χ4v) is 1.44. The van der Waals surface area contributed by atoms with Crippen molar-refractivity contribution in [3.05, 3.63) is 47.4 Å². The summed E-state index contributed by atoms with van der Waals surface area (Å²) in [5.74, 6) is 4.46. The number of nitrogens with zero attached hydrogens (tertiary/aromatic N) is 2. The van der Waals surface area contributed by atoms with Gasteiger partial charge in [0.25, 0.3) is 5.91 Å². The van der Waals surface area contributed by atoms with Gasteiger partial charge >= 0.3 is 0 Å². The predicted molar refractivity (Wildman–Crippen MR) is 67.8 cm³/mol. The van der Waals surface area contributed by atoms with Crippen LogP contribution in [-0.4, -0.2) is 22.6 Å². The fourth-order valence-electron chi connectivity index (χ4n) is 1.44. The molecule has 2 rings (SSSR count). The van der Waals surface area contributed by atoms with E-state index >= 15 is 0 Å². The highest BCUT2D eigenvalue weighted by Crippen LogP contribution is 2.09. The molecule has 3 N–H and O–H groups in total. The van der Waals surface area contributed by atoms with Crippen LogP contribution in [0.5, 0.6) is 0 Å². The van der Waals surface area contributed by atoms with Gasteiger partial charge < -0.3 is 15.6 Å². The lowest BCUT2D eigenvalue weighted by atomic mass is 10.1. The number of halogens is 1. The molecule has 6 nitrogen and oxygen atoms in total. The van der Waals surface area contributed by atoms with Crippen LogP contribution in [0.2, 0.25) is 0 Å². The Balaban J connectivity index is 2.05. The van der Waals surface area contributed by atoms with Gasteiger partial charge in [-0.2, -0.15) is 4.98 Å². The second kappa shape index (κ2) is 6.45. The smallest absolute Gasteiger partial charge is 0.251 e. The predicted octanol–water partition coefficient (Wildman–Crippen LogP) is 0.449. The normalized spacial score (nSPS) is 9.70. The van der Waals surface area contributed by atoms with Gasteiger partial charge in [-0.1, -0.05) is 17.0 Å². The van der Waals surface area contributed by atoms with Gasteiger partial charge in [0.1, 0.15) is 5.82 Å². The van der Waals surface area contributed by atoms with Crippen LogP contribution >= 0.6 is 0 Å². The van der Waals surface area contributed by atoms with Crippen LogP contribution in [-0.2, 0) is 6.54 Å². The van der Waals surface area contributed by atoms with Crippen molar-refractivity contribution in [1.82, 2.24) is 15.5 Å². The molecular formula is C13H11FN4O2. The summed E-state index contributed by atoms with van der Waals surface area (Å²) in [6.45, 7) is 0.248. The highest BCUT2D eigenvalue weighted by atomic mass is 19.1. The number of nitrogens with two attached hydrogens (primary N) is 1. The lowest BCUT2D eigenvalue weighted by Gasteiger charge is -2.03. The third-order valence-corrected chi connectivity index (χ3v) is 2.37. The average Bonchev–Trinajstić information content (AvgIpc) is 2.96. The van der Waals surface area contributed by atoms with Gasteiger partial charge in [0.15, 0.2) is 5.82 Å². The number of carbonyl (C=O) groups excluding carboxylic acids is 1. The molecule has 1 amide bonds. The molecule has 0 saturated heterocycles. The molecule has 0 spiro atoms. The summed E-state index contributed by atoms with van der Waals surface area (Å²) in [6.07, 6.45) is 1.16. The van der Waals surface area contributed by atoms with Crippen molar-refractivity contribution in [2.45, 2.75) is 6.54 Å². The summed E-state index contributed by atoms with van der Waals surface area (Å²) in [5.41, 5.74) is 5.59. The van der Waals surface area contributed by atoms with E-state index < -0.39 is 11.7 Å². The summed E-state index contributed by atoms with van der Waals surface area (Å²) in [7, 11) is 0. The zero-order valence-electron chi connectivity index (χ0n) is 10.4. The van der Waals surface area contributed by atoms with E-state index in [0.29, 0.717) is 5.82 Å². The minimum absolute atomic E-state index is 0.103. The molecule has 1 heterocycles. The first-order valence-electron chi connectivity index (χ1n) is 5.72. The van der Waals surface area contributed by atoms with Gasteiger partial charge in [0.05, 0.1) is 18.7 Å². The second-order valence-corrected chi connectivity index (χ2v) is 3.73. The topological polar surface area (TPSA) is 94.0 Å². The molecule has 1 aromatic heterocycles. The second-order valence-electron chi connectivity index (χ2n) is 3.73. The van der Waals surface area contributed by atoms with Gasteiger partial charge in [-0.15, -0.1) is 0 Å². The van der Waals surface area contributed by atoms with Crippen LogP contribution in [0, 0.1) is 17.7 Å². The third-order valence-electron chi connectivity index (χ3n) is 2.37. The summed E-state index contributed by atoms with van der Waals surface area (Å²) in [4.78, 5) is 15.5. The van der Waals surface area contributed by atoms with Crippen LogP contribution < -0.4 is 11.1 Å². The molecule has 0 unspecified atom stereocenters. The van der Waals surface area contributed by atoms with Crippen LogP contribution in [0.3, 0.4) is 0 Å². The van der Waals surface area contributed by atoms with Crippen molar-refractivity contribution in [2.75, 3.05) is 6.54 Å². The first kappa shape index (κ1) is 13.7. The zero-order valence-corrected chi connectivity index (χ0v) is 10.4. The molecule has 0 aliphatic carbocycles. The van der Waals surface area contributed by atoms with Crippen molar-refractivity contribution >= 4 is 5.91 Å². The number of rotatable bonds is 3. The van der Waals surface area contributed by atoms with Crippen LogP contribution in [0.15, 0.2) is 29.1 Å². The minimum atomic E-state index is -0.571. The van der Waals surface area contributed by atoms with Gasteiger partial charge in [0.2, 0.25) is 6.39 Å². The number of benzene rings is 1. The van der Waals surface area contributed by atoms with E-state index in [1.165, 1.54) is 12.1 Å². The molecule has 0 saturated carbocycles. The van der Waals surface area contributed by atoms with Crippen LogP contribution in [0.4, 0.5) is 4.39 Å². The number of aromatic nitrogens is 2. The van der Waals surface area contributed by atoms with Crippen LogP contribution in [0.25, 0.3) is 0 Å². The monoisotopic (exact) mass is 274 g/mol. The Hall–Kier alpha value is -2.72. The van der Waals surface area contributed by atoms with Gasteiger partial charge in [-0.3, -0.25) is 4.79 Å². The number of carbonyl (C=O) groups is 1. The first-order chi connectivity index (χ1) is 9.70. The Bertz CT molecular complexity index is 659. The maximum atomic E-state index is 13.7. The van der Waals surface area contributed by atoms with Crippen molar-refractivity contribution in [2.24, 2.45) is 5.73 Å². The molecule has 0 atom stereocenters. The van der Waals surface area contributed by atoms with E-state index in [1.807, 2.05) is 0 Å². The summed E-state index contributed by atoms with van der Waals surface area (Å²) in [5, 5.41) is 6.09. The Morgan fingerprint density at radius 2 is 2.35 bits per heavy atom. The van der Waals surface area contributed by atoms with Crippen LogP contribution in [0.1, 0.15) is 21.7 Å². The summed E-state index contributed by atoms with van der Waals surface area (Å²) < 4.78 is 18.2. The number of amides is 1. The van der Waals surface area contributed by atoms with E-state index in [1.54, 1.807) is 0 Å². The van der Waals surface area contributed by atoms with Crippen molar-refractivity contribution in [3.63, 3.8) is 0 Å². The molecule has 0 fully saturated rings. The molecule has 0 aliphatic heterocycles. The molecule has 7 heteroatoms. The number of nitrogens with one attached hydrogen (secondary N) is 1. The largest absolute Gasteiger partial charge is 0.345 e. The molecule has 0 aliphatic rings. The lowest BCUT2D eigenvalue weighted by Crippen LogP contribution is -2.23. The van der Waals surface area contributed by atoms with Crippen molar-refractivity contribution in [1.29, 1.82) is 0 Å². The average molecular weight is 274 g/mol. The maximum absolute atomic E-state index is 13.7. The molecule has 102 valence electrons. The van der Waals surface area contributed by atoms with E-state index in [-0.39, 0.29) is 24.2 Å². The Labute approximate surface area is 114 Å². The van der Waals surface area contributed by atoms with E-state index in [0.717, 1.165) is 12.5 Å². The number of hydrogen-bond acceptors (Lipinski definition) is 5. The Morgan fingerprint density at radius 3 is 3.00 bits per heavy atom. The fraction of sp³-hybridized carbons (Fsp3) is 0.154. The van der Waals surface area contributed by atoms with Gasteiger partial charge in [-0.05, 0) is 18.2 Å². The Kier molecular flexibility index (Phi) is 4.42. The Morgan fingerprint density at radius 1 is 1.50 bits per heavy atom. The van der Waals surface area contributed by atoms with E-state index in [2.05, 4.69) is 31.8 Å². The summed E-state index contributed by atoms with van der Waals surface area (Å²) in [6, 6.07) is 4.03. The SMILES string of the molecule is NCC#Cc1ccc(C(=O)NCc2ncon2)cc1F. The van der Waals surface area contributed by atoms with Gasteiger partial charge in [0, 0.05) is 5.56 Å².